The number of anilines is 1. The number of phenolic OH excluding ortho intramolecular Hbond substituents is 1. The molecule has 1 heterocycles. The molecule has 19 heavy (non-hydrogen) atoms. The molecular formula is C10H7ClFN3O3S. The number of rotatable bonds is 3. The van der Waals surface area contributed by atoms with Gasteiger partial charge in [0.05, 0.1) is 18.1 Å². The van der Waals surface area contributed by atoms with Gasteiger partial charge in [-0.05, 0) is 23.7 Å². The van der Waals surface area contributed by atoms with E-state index in [4.69, 9.17) is 16.7 Å². The summed E-state index contributed by atoms with van der Waals surface area (Å²) in [4.78, 5) is 6.86. The summed E-state index contributed by atoms with van der Waals surface area (Å²) in [5.41, 5.74) is -0.0368. The minimum absolute atomic E-state index is 0.0368. The number of nitrogens with zero attached hydrogens (tertiary/aromatic N) is 2. The van der Waals surface area contributed by atoms with E-state index in [0.29, 0.717) is 0 Å². The monoisotopic (exact) mass is 303 g/mol. The molecule has 0 fully saturated rings. The summed E-state index contributed by atoms with van der Waals surface area (Å²) in [5, 5.41) is 8.91. The van der Waals surface area contributed by atoms with E-state index in [1.807, 2.05) is 0 Å². The van der Waals surface area contributed by atoms with Crippen LogP contribution < -0.4 is 4.72 Å². The molecule has 6 nitrogen and oxygen atoms in total. The van der Waals surface area contributed by atoms with Crippen LogP contribution in [-0.2, 0) is 10.0 Å². The maximum atomic E-state index is 13.1. The molecule has 0 aliphatic carbocycles. The van der Waals surface area contributed by atoms with Crippen molar-refractivity contribution in [1.29, 1.82) is 0 Å². The highest BCUT2D eigenvalue weighted by molar-refractivity contribution is 7.92. The molecule has 1 aromatic carbocycles. The van der Waals surface area contributed by atoms with Crippen molar-refractivity contribution in [3.8, 4) is 5.75 Å². The molecule has 0 radical (unpaired) electrons. The summed E-state index contributed by atoms with van der Waals surface area (Å²) in [6.45, 7) is 0. The van der Waals surface area contributed by atoms with Crippen molar-refractivity contribution in [3.05, 3.63) is 41.7 Å². The highest BCUT2D eigenvalue weighted by Gasteiger charge is 2.16. The number of nitrogens with one attached hydrogen (secondary N) is 1. The molecule has 2 rings (SSSR count). The quantitative estimate of drug-likeness (QED) is 0.666. The maximum Gasteiger partial charge on any atom is 0.264 e. The minimum atomic E-state index is -3.94. The fraction of sp³-hybridized carbons (Fsp3) is 0. The molecule has 100 valence electrons. The van der Waals surface area contributed by atoms with Crippen molar-refractivity contribution in [2.45, 2.75) is 4.90 Å². The van der Waals surface area contributed by atoms with E-state index in [1.165, 1.54) is 6.07 Å². The highest BCUT2D eigenvalue weighted by Crippen LogP contribution is 2.21. The Labute approximate surface area is 113 Å². The van der Waals surface area contributed by atoms with Gasteiger partial charge in [0.15, 0.2) is 11.6 Å². The van der Waals surface area contributed by atoms with Crippen molar-refractivity contribution in [3.63, 3.8) is 0 Å². The number of hydrogen-bond acceptors (Lipinski definition) is 5. The molecule has 1 aromatic heterocycles. The molecule has 2 aromatic rings. The zero-order valence-corrected chi connectivity index (χ0v) is 10.8. The predicted molar refractivity (Wildman–Crippen MR) is 65.9 cm³/mol. The van der Waals surface area contributed by atoms with Crippen molar-refractivity contribution < 1.29 is 17.9 Å². The fourth-order valence-corrected chi connectivity index (χ4v) is 2.26. The second kappa shape index (κ2) is 4.98. The van der Waals surface area contributed by atoms with Gasteiger partial charge in [0.2, 0.25) is 5.28 Å². The lowest BCUT2D eigenvalue weighted by atomic mass is 10.3. The lowest BCUT2D eigenvalue weighted by molar-refractivity contribution is 0.432. The largest absolute Gasteiger partial charge is 0.505 e. The number of aromatic hydroxyl groups is 1. The number of phenols is 1. The Bertz CT molecular complexity index is 706. The first kappa shape index (κ1) is 13.5. The summed E-state index contributed by atoms with van der Waals surface area (Å²) in [5.74, 6) is -1.51. The Kier molecular flexibility index (Phi) is 3.54. The normalized spacial score (nSPS) is 11.3. The van der Waals surface area contributed by atoms with Crippen molar-refractivity contribution in [1.82, 2.24) is 9.97 Å². The molecular weight excluding hydrogens is 297 g/mol. The van der Waals surface area contributed by atoms with Crippen molar-refractivity contribution >= 4 is 27.3 Å². The van der Waals surface area contributed by atoms with Crippen LogP contribution in [0.25, 0.3) is 0 Å². The van der Waals surface area contributed by atoms with Gasteiger partial charge in [-0.2, -0.15) is 0 Å². The third kappa shape index (κ3) is 3.09. The average molecular weight is 304 g/mol. The van der Waals surface area contributed by atoms with Crippen molar-refractivity contribution in [2.75, 3.05) is 4.72 Å². The maximum absolute atomic E-state index is 13.1. The Morgan fingerprint density at radius 2 is 1.89 bits per heavy atom. The van der Waals surface area contributed by atoms with E-state index in [2.05, 4.69) is 14.7 Å². The molecule has 0 amide bonds. The summed E-state index contributed by atoms with van der Waals surface area (Å²) in [6, 6.07) is 3.10. The van der Waals surface area contributed by atoms with Gasteiger partial charge in [0.1, 0.15) is 4.90 Å². The number of benzene rings is 1. The number of sulfonamides is 1. The van der Waals surface area contributed by atoms with Gasteiger partial charge in [-0.1, -0.05) is 0 Å². The first-order valence-electron chi connectivity index (χ1n) is 4.87. The van der Waals surface area contributed by atoms with Gasteiger partial charge >= 0.3 is 0 Å². The van der Waals surface area contributed by atoms with E-state index < -0.39 is 21.6 Å². The summed E-state index contributed by atoms with van der Waals surface area (Å²) in [7, 11) is -3.94. The smallest absolute Gasteiger partial charge is 0.264 e. The van der Waals surface area contributed by atoms with E-state index in [9.17, 15) is 12.8 Å². The molecule has 2 N–H and O–H groups in total. The van der Waals surface area contributed by atoms with Crippen LogP contribution in [0.1, 0.15) is 0 Å². The molecule has 0 saturated carbocycles. The molecule has 9 heteroatoms. The lowest BCUT2D eigenvalue weighted by Gasteiger charge is -2.07. The predicted octanol–water partition coefficient (Wildman–Crippen LogP) is 1.78. The number of hydrogen-bond donors (Lipinski definition) is 2. The topological polar surface area (TPSA) is 92.2 Å². The van der Waals surface area contributed by atoms with E-state index in [-0.39, 0.29) is 15.9 Å². The summed E-state index contributed by atoms with van der Waals surface area (Å²) in [6.07, 6.45) is 2.04. The molecule has 0 aliphatic rings. The Morgan fingerprint density at radius 3 is 2.47 bits per heavy atom. The zero-order valence-electron chi connectivity index (χ0n) is 9.21. The third-order valence-electron chi connectivity index (χ3n) is 2.11. The van der Waals surface area contributed by atoms with Crippen LogP contribution in [0.5, 0.6) is 5.75 Å². The highest BCUT2D eigenvalue weighted by atomic mass is 35.5. The van der Waals surface area contributed by atoms with Gasteiger partial charge in [0, 0.05) is 6.07 Å². The van der Waals surface area contributed by atoms with Gasteiger partial charge in [-0.25, -0.2) is 22.8 Å². The summed E-state index contributed by atoms with van der Waals surface area (Å²) < 4.78 is 39.0. The lowest BCUT2D eigenvalue weighted by Crippen LogP contribution is -2.13. The third-order valence-corrected chi connectivity index (χ3v) is 3.64. The second-order valence-corrected chi connectivity index (χ2v) is 5.48. The van der Waals surface area contributed by atoms with Crippen molar-refractivity contribution in [2.24, 2.45) is 0 Å². The second-order valence-electron chi connectivity index (χ2n) is 3.46. The molecule has 0 bridgehead atoms. The van der Waals surface area contributed by atoms with Crippen LogP contribution >= 0.6 is 11.6 Å². The molecule has 0 aliphatic heterocycles. The van der Waals surface area contributed by atoms with Gasteiger partial charge < -0.3 is 5.11 Å². The van der Waals surface area contributed by atoms with Gasteiger partial charge in [-0.15, -0.1) is 0 Å². The van der Waals surface area contributed by atoms with Gasteiger partial charge in [0.25, 0.3) is 10.0 Å². The van der Waals surface area contributed by atoms with E-state index >= 15 is 0 Å². The van der Waals surface area contributed by atoms with Crippen LogP contribution in [0.3, 0.4) is 0 Å². The first-order valence-corrected chi connectivity index (χ1v) is 6.73. The Balaban J connectivity index is 2.30. The van der Waals surface area contributed by atoms with Crippen LogP contribution in [0.2, 0.25) is 5.28 Å². The van der Waals surface area contributed by atoms with E-state index in [1.54, 1.807) is 0 Å². The average Bonchev–Trinajstić information content (AvgIpc) is 2.34. The molecule has 0 spiro atoms. The van der Waals surface area contributed by atoms with Crippen LogP contribution in [0.4, 0.5) is 10.1 Å². The van der Waals surface area contributed by atoms with Gasteiger partial charge in [-0.3, -0.25) is 4.72 Å². The number of halogens is 2. The first-order chi connectivity index (χ1) is 8.88. The summed E-state index contributed by atoms with van der Waals surface area (Å²) >= 11 is 5.45. The standard InChI is InChI=1S/C10H7ClFN3O3S/c11-10-13-4-7(5-14-10)19(17,18)15-6-1-2-9(16)8(12)3-6/h1-5,15-16H. The van der Waals surface area contributed by atoms with Crippen LogP contribution in [-0.4, -0.2) is 23.5 Å². The Morgan fingerprint density at radius 1 is 1.26 bits per heavy atom. The zero-order chi connectivity index (χ0) is 14.0. The number of aromatic nitrogens is 2. The molecule has 0 saturated heterocycles. The Hall–Kier alpha value is -1.93. The molecule has 0 unspecified atom stereocenters. The van der Waals surface area contributed by atoms with Crippen LogP contribution in [0.15, 0.2) is 35.5 Å². The minimum Gasteiger partial charge on any atom is -0.505 e. The SMILES string of the molecule is O=S(=O)(Nc1ccc(O)c(F)c1)c1cnc(Cl)nc1. The van der Waals surface area contributed by atoms with E-state index in [0.717, 1.165) is 24.5 Å². The van der Waals surface area contributed by atoms with Crippen LogP contribution in [0, 0.1) is 5.82 Å². The molecule has 0 atom stereocenters. The fourth-order valence-electron chi connectivity index (χ4n) is 1.22.